The second-order valence-corrected chi connectivity index (χ2v) is 7.93. The van der Waals surface area contributed by atoms with Crippen molar-refractivity contribution in [2.75, 3.05) is 38.6 Å². The van der Waals surface area contributed by atoms with E-state index in [4.69, 9.17) is 4.74 Å². The molecule has 0 unspecified atom stereocenters. The van der Waals surface area contributed by atoms with Crippen LogP contribution >= 0.6 is 0 Å². The predicted octanol–water partition coefficient (Wildman–Crippen LogP) is 1.61. The summed E-state index contributed by atoms with van der Waals surface area (Å²) in [6.07, 6.45) is 5.06. The molecule has 2 aliphatic heterocycles. The Bertz CT molecular complexity index is 652. The number of ether oxygens (including phenoxy) is 1. The van der Waals surface area contributed by atoms with Crippen LogP contribution in [-0.4, -0.2) is 72.0 Å². The van der Waals surface area contributed by atoms with Gasteiger partial charge in [-0.05, 0) is 45.9 Å². The highest BCUT2D eigenvalue weighted by atomic mass is 16.5. The lowest BCUT2D eigenvalue weighted by Crippen LogP contribution is -2.53. The van der Waals surface area contributed by atoms with E-state index in [1.54, 1.807) is 18.5 Å². The normalized spacial score (nSPS) is 25.4. The molecule has 3 heterocycles. The summed E-state index contributed by atoms with van der Waals surface area (Å²) in [7, 11) is 1.97. The molecule has 1 aromatic rings. The number of pyridine rings is 1. The van der Waals surface area contributed by atoms with Gasteiger partial charge >= 0.3 is 0 Å². The lowest BCUT2D eigenvalue weighted by Gasteiger charge is -2.43. The second kappa shape index (κ2) is 8.80. The number of likely N-dealkylation sites (N-methyl/N-ethyl adjacent to an activating group) is 1. The number of carbonyl (C=O) groups is 2. The van der Waals surface area contributed by atoms with Gasteiger partial charge in [0.2, 0.25) is 11.8 Å². The first-order valence-electron chi connectivity index (χ1n) is 9.74. The number of likely N-dealkylation sites (tertiary alicyclic amines) is 1. The van der Waals surface area contributed by atoms with Gasteiger partial charge in [0.25, 0.3) is 0 Å². The Hall–Kier alpha value is -1.99. The summed E-state index contributed by atoms with van der Waals surface area (Å²) >= 11 is 0. The van der Waals surface area contributed by atoms with Crippen molar-refractivity contribution < 1.29 is 14.3 Å². The second-order valence-electron chi connectivity index (χ2n) is 7.93. The number of piperidine rings is 1. The van der Waals surface area contributed by atoms with Gasteiger partial charge in [-0.3, -0.25) is 19.5 Å². The van der Waals surface area contributed by atoms with Crippen molar-refractivity contribution in [1.82, 2.24) is 14.8 Å². The van der Waals surface area contributed by atoms with Crippen LogP contribution in [0.2, 0.25) is 0 Å². The number of rotatable bonds is 5. The topological polar surface area (TPSA) is 74.8 Å². The Morgan fingerprint density at radius 3 is 2.96 bits per heavy atom. The third kappa shape index (κ3) is 5.05. The molecule has 3 rings (SSSR count). The maximum atomic E-state index is 12.6. The number of nitrogens with zero attached hydrogens (tertiary/aromatic N) is 3. The van der Waals surface area contributed by atoms with Crippen molar-refractivity contribution in [2.45, 2.75) is 38.8 Å². The third-order valence-corrected chi connectivity index (χ3v) is 5.68. The fraction of sp³-hybridized carbons (Fsp3) is 0.650. The maximum Gasteiger partial charge on any atom is 0.236 e. The molecule has 3 atom stereocenters. The van der Waals surface area contributed by atoms with Gasteiger partial charge in [-0.25, -0.2) is 0 Å². The van der Waals surface area contributed by atoms with Crippen molar-refractivity contribution >= 4 is 17.5 Å². The van der Waals surface area contributed by atoms with Crippen LogP contribution in [0.3, 0.4) is 0 Å². The molecule has 1 N–H and O–H groups in total. The summed E-state index contributed by atoms with van der Waals surface area (Å²) in [5.41, 5.74) is 0.696. The lowest BCUT2D eigenvalue weighted by molar-refractivity contribution is -0.145. The van der Waals surface area contributed by atoms with Crippen LogP contribution in [-0.2, 0) is 14.3 Å². The maximum absolute atomic E-state index is 12.6. The quantitative estimate of drug-likeness (QED) is 0.848. The highest BCUT2D eigenvalue weighted by Gasteiger charge is 2.39. The minimum Gasteiger partial charge on any atom is -0.377 e. The first-order valence-corrected chi connectivity index (χ1v) is 9.74. The Kier molecular flexibility index (Phi) is 6.44. The molecular formula is C20H30N4O3. The van der Waals surface area contributed by atoms with E-state index in [0.29, 0.717) is 31.4 Å². The van der Waals surface area contributed by atoms with Crippen molar-refractivity contribution in [2.24, 2.45) is 11.8 Å². The fourth-order valence-electron chi connectivity index (χ4n) is 3.72. The molecule has 0 aromatic carbocycles. The molecule has 1 aromatic heterocycles. The van der Waals surface area contributed by atoms with Crippen LogP contribution in [0.4, 0.5) is 5.69 Å². The molecule has 27 heavy (non-hydrogen) atoms. The summed E-state index contributed by atoms with van der Waals surface area (Å²) in [4.78, 5) is 33.2. The van der Waals surface area contributed by atoms with Crippen LogP contribution in [0, 0.1) is 11.8 Å². The molecule has 0 radical (unpaired) electrons. The van der Waals surface area contributed by atoms with Gasteiger partial charge in [0.05, 0.1) is 37.1 Å². The summed E-state index contributed by atoms with van der Waals surface area (Å²) in [6, 6.07) is 3.95. The molecule has 2 fully saturated rings. The molecule has 2 saturated heterocycles. The minimum atomic E-state index is -0.195. The van der Waals surface area contributed by atoms with E-state index in [2.05, 4.69) is 29.0 Å². The SMILES string of the molecule is CC(C)N(C)CC(=O)N1CC[C@H]2OC[C@@H](C(=O)Nc3cccnc3)C[C@H]2C1. The van der Waals surface area contributed by atoms with E-state index in [1.807, 2.05) is 18.0 Å². The standard InChI is InChI=1S/C20H30N4O3/c1-14(2)23(3)12-19(25)24-8-6-18-15(11-24)9-16(13-27-18)20(26)22-17-5-4-7-21-10-17/h4-5,7,10,14-16,18H,6,8-9,11-13H2,1-3H3,(H,22,26)/t15-,16-,18+/m0/s1. The molecule has 7 nitrogen and oxygen atoms in total. The van der Waals surface area contributed by atoms with Gasteiger partial charge in [0.15, 0.2) is 0 Å². The number of nitrogens with one attached hydrogen (secondary N) is 1. The Balaban J connectivity index is 1.55. The number of hydrogen-bond acceptors (Lipinski definition) is 5. The highest BCUT2D eigenvalue weighted by molar-refractivity contribution is 5.92. The molecule has 148 valence electrons. The number of hydrogen-bond donors (Lipinski definition) is 1. The third-order valence-electron chi connectivity index (χ3n) is 5.68. The van der Waals surface area contributed by atoms with E-state index >= 15 is 0 Å². The van der Waals surface area contributed by atoms with Crippen molar-refractivity contribution in [1.29, 1.82) is 0 Å². The zero-order valence-corrected chi connectivity index (χ0v) is 16.4. The number of fused-ring (bicyclic) bond motifs is 1. The smallest absolute Gasteiger partial charge is 0.236 e. The van der Waals surface area contributed by atoms with Gasteiger partial charge in [0.1, 0.15) is 0 Å². The Morgan fingerprint density at radius 2 is 2.26 bits per heavy atom. The zero-order chi connectivity index (χ0) is 19.4. The van der Waals surface area contributed by atoms with Gasteiger partial charge in [-0.1, -0.05) is 0 Å². The number of amides is 2. The fourth-order valence-corrected chi connectivity index (χ4v) is 3.72. The van der Waals surface area contributed by atoms with Gasteiger partial charge < -0.3 is 15.0 Å². The molecular weight excluding hydrogens is 344 g/mol. The van der Waals surface area contributed by atoms with E-state index in [-0.39, 0.29) is 29.8 Å². The average Bonchev–Trinajstić information content (AvgIpc) is 2.67. The first-order chi connectivity index (χ1) is 12.9. The molecule has 0 aliphatic carbocycles. The van der Waals surface area contributed by atoms with E-state index in [0.717, 1.165) is 19.4 Å². The Morgan fingerprint density at radius 1 is 1.44 bits per heavy atom. The van der Waals surface area contributed by atoms with Crippen molar-refractivity contribution in [3.63, 3.8) is 0 Å². The average molecular weight is 374 g/mol. The largest absolute Gasteiger partial charge is 0.377 e. The number of anilines is 1. The predicted molar refractivity (Wildman–Crippen MR) is 103 cm³/mol. The van der Waals surface area contributed by atoms with Crippen molar-refractivity contribution in [3.8, 4) is 0 Å². The van der Waals surface area contributed by atoms with Crippen LogP contribution in [0.25, 0.3) is 0 Å². The van der Waals surface area contributed by atoms with Crippen LogP contribution in [0.5, 0.6) is 0 Å². The van der Waals surface area contributed by atoms with Gasteiger partial charge in [0, 0.05) is 31.2 Å². The van der Waals surface area contributed by atoms with Gasteiger partial charge in [-0.15, -0.1) is 0 Å². The highest BCUT2D eigenvalue weighted by Crippen LogP contribution is 2.32. The monoisotopic (exact) mass is 374 g/mol. The minimum absolute atomic E-state index is 0.0376. The summed E-state index contributed by atoms with van der Waals surface area (Å²) < 4.78 is 5.98. The van der Waals surface area contributed by atoms with E-state index in [1.165, 1.54) is 0 Å². The lowest BCUT2D eigenvalue weighted by atomic mass is 9.83. The van der Waals surface area contributed by atoms with E-state index in [9.17, 15) is 9.59 Å². The zero-order valence-electron chi connectivity index (χ0n) is 16.4. The molecule has 2 aliphatic rings. The first kappa shape index (κ1) is 19.8. The molecule has 0 saturated carbocycles. The number of aromatic nitrogens is 1. The summed E-state index contributed by atoms with van der Waals surface area (Å²) in [6.45, 7) is 6.45. The van der Waals surface area contributed by atoms with Crippen LogP contribution in [0.1, 0.15) is 26.7 Å². The Labute approximate surface area is 161 Å². The number of carbonyl (C=O) groups excluding carboxylic acids is 2. The molecule has 0 spiro atoms. The molecule has 0 bridgehead atoms. The van der Waals surface area contributed by atoms with Crippen molar-refractivity contribution in [3.05, 3.63) is 24.5 Å². The molecule has 7 heteroatoms. The molecule has 2 amide bonds. The summed E-state index contributed by atoms with van der Waals surface area (Å²) in [5.74, 6) is 0.140. The van der Waals surface area contributed by atoms with Crippen LogP contribution in [0.15, 0.2) is 24.5 Å². The van der Waals surface area contributed by atoms with Gasteiger partial charge in [-0.2, -0.15) is 0 Å². The van der Waals surface area contributed by atoms with Crippen LogP contribution < -0.4 is 5.32 Å². The summed E-state index contributed by atoms with van der Waals surface area (Å²) in [5, 5.41) is 2.91. The van der Waals surface area contributed by atoms with E-state index < -0.39 is 0 Å².